The Morgan fingerprint density at radius 3 is 2.60 bits per heavy atom. The summed E-state index contributed by atoms with van der Waals surface area (Å²) >= 11 is 0. The molecule has 0 atom stereocenters. The van der Waals surface area contributed by atoms with Gasteiger partial charge in [0.25, 0.3) is 0 Å². The van der Waals surface area contributed by atoms with Crippen LogP contribution in [0.4, 0.5) is 11.4 Å². The number of carbonyl (C=O) groups excluding carboxylic acids is 1. The Balaban J connectivity index is 0.00000225. The molecule has 1 aliphatic rings. The molecule has 0 radical (unpaired) electrons. The van der Waals surface area contributed by atoms with Crippen molar-refractivity contribution in [3.05, 3.63) is 59.7 Å². The van der Waals surface area contributed by atoms with E-state index in [0.717, 1.165) is 31.0 Å². The minimum absolute atomic E-state index is 0. The average molecular weight is 360 g/mol. The van der Waals surface area contributed by atoms with Crippen molar-refractivity contribution in [3.8, 4) is 0 Å². The van der Waals surface area contributed by atoms with E-state index in [1.165, 1.54) is 11.1 Å². The van der Waals surface area contributed by atoms with Gasteiger partial charge in [-0.25, -0.2) is 0 Å². The lowest BCUT2D eigenvalue weighted by atomic mass is 10.0. The van der Waals surface area contributed by atoms with Crippen LogP contribution < -0.4 is 15.5 Å². The van der Waals surface area contributed by atoms with E-state index in [1.807, 2.05) is 24.3 Å². The first-order valence-corrected chi connectivity index (χ1v) is 8.57. The Bertz CT molecular complexity index is 700. The van der Waals surface area contributed by atoms with Crippen molar-refractivity contribution in [1.29, 1.82) is 0 Å². The maximum absolute atomic E-state index is 12.4. The van der Waals surface area contributed by atoms with Gasteiger partial charge in [0.05, 0.1) is 6.54 Å². The second-order valence-electron chi connectivity index (χ2n) is 6.55. The van der Waals surface area contributed by atoms with Gasteiger partial charge >= 0.3 is 0 Å². The van der Waals surface area contributed by atoms with Crippen LogP contribution in [0.15, 0.2) is 48.5 Å². The quantitative estimate of drug-likeness (QED) is 0.873. The Morgan fingerprint density at radius 2 is 1.88 bits per heavy atom. The molecule has 0 spiro atoms. The molecule has 0 fully saturated rings. The van der Waals surface area contributed by atoms with Crippen LogP contribution >= 0.6 is 12.4 Å². The van der Waals surface area contributed by atoms with Crippen molar-refractivity contribution in [2.75, 3.05) is 29.9 Å². The summed E-state index contributed by atoms with van der Waals surface area (Å²) in [4.78, 5) is 14.6. The Hall–Kier alpha value is -2.04. The smallest absolute Gasteiger partial charge is 0.243 e. The van der Waals surface area contributed by atoms with Crippen LogP contribution in [-0.2, 0) is 11.3 Å². The third-order valence-corrected chi connectivity index (χ3v) is 4.40. The number of anilines is 2. The van der Waals surface area contributed by atoms with Gasteiger partial charge in [0.2, 0.25) is 5.91 Å². The van der Waals surface area contributed by atoms with Crippen molar-refractivity contribution in [2.24, 2.45) is 0 Å². The zero-order valence-corrected chi connectivity index (χ0v) is 15.6. The number of carbonyl (C=O) groups is 1. The standard InChI is InChI=1S/C20H25N3O.ClH/c1-15(2)16-7-9-18(10-8-16)22-20(24)14-23-12-11-21-13-17-5-3-4-6-19(17)23;/h3-10,15,21H,11-14H2,1-2H3,(H,22,24);1H. The van der Waals surface area contributed by atoms with Crippen LogP contribution in [0.2, 0.25) is 0 Å². The molecule has 2 aromatic rings. The maximum Gasteiger partial charge on any atom is 0.243 e. The number of amides is 1. The fourth-order valence-electron chi connectivity index (χ4n) is 3.02. The highest BCUT2D eigenvalue weighted by molar-refractivity contribution is 5.94. The number of benzene rings is 2. The van der Waals surface area contributed by atoms with Crippen molar-refractivity contribution in [1.82, 2.24) is 5.32 Å². The molecular weight excluding hydrogens is 334 g/mol. The summed E-state index contributed by atoms with van der Waals surface area (Å²) in [7, 11) is 0. The van der Waals surface area contributed by atoms with Crippen molar-refractivity contribution in [3.63, 3.8) is 0 Å². The molecule has 134 valence electrons. The van der Waals surface area contributed by atoms with Crippen molar-refractivity contribution in [2.45, 2.75) is 26.3 Å². The molecule has 1 amide bonds. The van der Waals surface area contributed by atoms with Gasteiger partial charge in [-0.15, -0.1) is 12.4 Å². The van der Waals surface area contributed by atoms with E-state index in [0.29, 0.717) is 12.5 Å². The molecule has 2 N–H and O–H groups in total. The third kappa shape index (κ3) is 4.97. The van der Waals surface area contributed by atoms with Crippen LogP contribution in [0.1, 0.15) is 30.9 Å². The second-order valence-corrected chi connectivity index (χ2v) is 6.55. The zero-order valence-electron chi connectivity index (χ0n) is 14.8. The summed E-state index contributed by atoms with van der Waals surface area (Å²) in [5.74, 6) is 0.514. The van der Waals surface area contributed by atoms with Gasteiger partial charge < -0.3 is 15.5 Å². The molecule has 4 nitrogen and oxygen atoms in total. The normalized spacial score (nSPS) is 13.6. The van der Waals surface area contributed by atoms with E-state index in [2.05, 4.69) is 53.6 Å². The number of hydrogen-bond donors (Lipinski definition) is 2. The lowest BCUT2D eigenvalue weighted by Crippen LogP contribution is -2.36. The summed E-state index contributed by atoms with van der Waals surface area (Å²) in [6.07, 6.45) is 0. The molecule has 0 saturated heterocycles. The predicted octanol–water partition coefficient (Wildman–Crippen LogP) is 3.78. The summed E-state index contributed by atoms with van der Waals surface area (Å²) in [6, 6.07) is 16.4. The monoisotopic (exact) mass is 359 g/mol. The van der Waals surface area contributed by atoms with Gasteiger partial charge in [0.15, 0.2) is 0 Å². The van der Waals surface area contributed by atoms with E-state index in [-0.39, 0.29) is 18.3 Å². The van der Waals surface area contributed by atoms with Crippen LogP contribution in [-0.4, -0.2) is 25.5 Å². The lowest BCUT2D eigenvalue weighted by Gasteiger charge is -2.24. The van der Waals surface area contributed by atoms with E-state index >= 15 is 0 Å². The number of para-hydroxylation sites is 1. The summed E-state index contributed by atoms with van der Waals surface area (Å²) in [5.41, 5.74) is 4.52. The zero-order chi connectivity index (χ0) is 16.9. The Kier molecular flexibility index (Phi) is 6.85. The predicted molar refractivity (Wildman–Crippen MR) is 107 cm³/mol. The summed E-state index contributed by atoms with van der Waals surface area (Å²) < 4.78 is 0. The highest BCUT2D eigenvalue weighted by Gasteiger charge is 2.17. The van der Waals surface area contributed by atoms with Crippen molar-refractivity contribution >= 4 is 29.7 Å². The van der Waals surface area contributed by atoms with Crippen LogP contribution in [0.5, 0.6) is 0 Å². The highest BCUT2D eigenvalue weighted by Crippen LogP contribution is 2.22. The number of rotatable bonds is 4. The van der Waals surface area contributed by atoms with Gasteiger partial charge in [-0.3, -0.25) is 4.79 Å². The number of nitrogens with one attached hydrogen (secondary N) is 2. The molecule has 3 rings (SSSR count). The largest absolute Gasteiger partial charge is 0.361 e. The van der Waals surface area contributed by atoms with Gasteiger partial charge in [0.1, 0.15) is 0 Å². The van der Waals surface area contributed by atoms with Crippen LogP contribution in [0.25, 0.3) is 0 Å². The Labute approximate surface area is 156 Å². The number of fused-ring (bicyclic) bond motifs is 1. The number of hydrogen-bond acceptors (Lipinski definition) is 3. The van der Waals surface area contributed by atoms with E-state index in [9.17, 15) is 4.79 Å². The molecule has 25 heavy (non-hydrogen) atoms. The van der Waals surface area contributed by atoms with E-state index in [4.69, 9.17) is 0 Å². The SMILES string of the molecule is CC(C)c1ccc(NC(=O)CN2CCNCc3ccccc32)cc1.Cl. The van der Waals surface area contributed by atoms with Crippen LogP contribution in [0, 0.1) is 0 Å². The third-order valence-electron chi connectivity index (χ3n) is 4.40. The molecule has 5 heteroatoms. The number of halogens is 1. The maximum atomic E-state index is 12.4. The first-order chi connectivity index (χ1) is 11.6. The second kappa shape index (κ2) is 8.88. The molecule has 0 aliphatic carbocycles. The summed E-state index contributed by atoms with van der Waals surface area (Å²) in [6.45, 7) is 7.26. The summed E-state index contributed by atoms with van der Waals surface area (Å²) in [5, 5.41) is 6.41. The Morgan fingerprint density at radius 1 is 1.16 bits per heavy atom. The minimum atomic E-state index is 0. The fourth-order valence-corrected chi connectivity index (χ4v) is 3.02. The minimum Gasteiger partial charge on any atom is -0.361 e. The highest BCUT2D eigenvalue weighted by atomic mass is 35.5. The molecule has 2 aromatic carbocycles. The van der Waals surface area contributed by atoms with Gasteiger partial charge in [-0.2, -0.15) is 0 Å². The molecule has 1 aliphatic heterocycles. The van der Waals surface area contributed by atoms with E-state index in [1.54, 1.807) is 0 Å². The molecule has 0 saturated carbocycles. The molecule has 0 unspecified atom stereocenters. The molecule has 0 bridgehead atoms. The van der Waals surface area contributed by atoms with E-state index < -0.39 is 0 Å². The van der Waals surface area contributed by atoms with Gasteiger partial charge in [0, 0.05) is 31.0 Å². The first kappa shape index (κ1) is 19.3. The average Bonchev–Trinajstić information content (AvgIpc) is 2.78. The molecule has 1 heterocycles. The van der Waals surface area contributed by atoms with Crippen LogP contribution in [0.3, 0.4) is 0 Å². The first-order valence-electron chi connectivity index (χ1n) is 8.57. The molecule has 0 aromatic heterocycles. The van der Waals surface area contributed by atoms with Crippen molar-refractivity contribution < 1.29 is 4.79 Å². The molecular formula is C20H26ClN3O. The number of nitrogens with zero attached hydrogens (tertiary/aromatic N) is 1. The van der Waals surface area contributed by atoms with Gasteiger partial charge in [-0.05, 0) is 35.2 Å². The van der Waals surface area contributed by atoms with Gasteiger partial charge in [-0.1, -0.05) is 44.2 Å². The topological polar surface area (TPSA) is 44.4 Å². The fraction of sp³-hybridized carbons (Fsp3) is 0.350. The lowest BCUT2D eigenvalue weighted by molar-refractivity contribution is -0.115.